The molecule has 11 aromatic carbocycles. The Kier molecular flexibility index (Phi) is 7.43. The Morgan fingerprint density at radius 3 is 1.61 bits per heavy atom. The van der Waals surface area contributed by atoms with E-state index in [1.54, 1.807) is 0 Å². The van der Waals surface area contributed by atoms with Gasteiger partial charge in [0, 0.05) is 38.3 Å². The molecular weight excluding hydrogens is 773 g/mol. The Hall–Kier alpha value is -8.46. The van der Waals surface area contributed by atoms with E-state index in [1.807, 2.05) is 0 Å². The number of hydrogen-bond donors (Lipinski definition) is 0. The molecule has 0 amide bonds. The Bertz CT molecular complexity index is 4050. The predicted molar refractivity (Wildman–Crippen MR) is 271 cm³/mol. The standard InChI is InChI=1S/C62H38N2/c1-2-11-39(12-3-1)40-23-29-47(30-24-40)63-58-22-7-6-19-51(58)56-37-45(27-33-59(56)63)46-28-34-60-57(38-46)54-32-25-41-13-4-5-18-49(41)62(54)64(60)48-17-8-16-43(35-48)44-26-31-50-52-20-9-14-42-15-10-21-53(61(42)52)55(50)36-44/h1-38H. The van der Waals surface area contributed by atoms with Crippen molar-refractivity contribution in [2.24, 2.45) is 0 Å². The molecule has 0 saturated heterocycles. The number of aromatic nitrogens is 2. The minimum atomic E-state index is 1.15. The van der Waals surface area contributed by atoms with E-state index >= 15 is 0 Å². The summed E-state index contributed by atoms with van der Waals surface area (Å²) >= 11 is 0. The highest BCUT2D eigenvalue weighted by Crippen LogP contribution is 2.48. The first kappa shape index (κ1) is 35.2. The molecule has 0 unspecified atom stereocenters. The van der Waals surface area contributed by atoms with Crippen LogP contribution in [0.15, 0.2) is 231 Å². The van der Waals surface area contributed by atoms with Crippen LogP contribution >= 0.6 is 0 Å². The Morgan fingerprint density at radius 1 is 0.234 bits per heavy atom. The zero-order valence-electron chi connectivity index (χ0n) is 34.8. The van der Waals surface area contributed by atoms with Crippen molar-refractivity contribution in [3.63, 3.8) is 0 Å². The number of fused-ring (bicyclic) bond motifs is 11. The molecule has 0 bridgehead atoms. The average molecular weight is 811 g/mol. The van der Waals surface area contributed by atoms with Gasteiger partial charge in [-0.1, -0.05) is 170 Å². The molecule has 0 saturated carbocycles. The van der Waals surface area contributed by atoms with Crippen molar-refractivity contribution in [1.82, 2.24) is 9.13 Å². The molecule has 0 spiro atoms. The lowest BCUT2D eigenvalue weighted by Gasteiger charge is -2.13. The largest absolute Gasteiger partial charge is 0.309 e. The van der Waals surface area contributed by atoms with Crippen LogP contribution < -0.4 is 0 Å². The van der Waals surface area contributed by atoms with Gasteiger partial charge in [0.25, 0.3) is 0 Å². The molecule has 0 fully saturated rings. The lowest BCUT2D eigenvalue weighted by Crippen LogP contribution is -1.95. The van der Waals surface area contributed by atoms with Crippen molar-refractivity contribution in [3.05, 3.63) is 231 Å². The summed E-state index contributed by atoms with van der Waals surface area (Å²) in [6, 6.07) is 85.3. The number of nitrogens with zero attached hydrogens (tertiary/aromatic N) is 2. The molecule has 0 radical (unpaired) electrons. The van der Waals surface area contributed by atoms with Gasteiger partial charge in [-0.3, -0.25) is 0 Å². The smallest absolute Gasteiger partial charge is 0.0619 e. The molecule has 296 valence electrons. The molecule has 2 nitrogen and oxygen atoms in total. The fourth-order valence-corrected chi connectivity index (χ4v) is 10.9. The molecule has 0 aliphatic heterocycles. The lowest BCUT2D eigenvalue weighted by atomic mass is 9.97. The van der Waals surface area contributed by atoms with Crippen LogP contribution in [0.1, 0.15) is 0 Å². The summed E-state index contributed by atoms with van der Waals surface area (Å²) in [5.74, 6) is 0. The topological polar surface area (TPSA) is 9.86 Å². The fourth-order valence-electron chi connectivity index (χ4n) is 10.9. The van der Waals surface area contributed by atoms with Gasteiger partial charge in [0.05, 0.1) is 22.1 Å². The second-order valence-electron chi connectivity index (χ2n) is 17.3. The van der Waals surface area contributed by atoms with Gasteiger partial charge in [0.2, 0.25) is 0 Å². The molecule has 1 aliphatic carbocycles. The van der Waals surface area contributed by atoms with Gasteiger partial charge < -0.3 is 9.13 Å². The summed E-state index contributed by atoms with van der Waals surface area (Å²) in [7, 11) is 0. The molecule has 2 heterocycles. The maximum Gasteiger partial charge on any atom is 0.0619 e. The minimum Gasteiger partial charge on any atom is -0.309 e. The predicted octanol–water partition coefficient (Wildman–Crippen LogP) is 16.8. The highest BCUT2D eigenvalue weighted by atomic mass is 15.0. The maximum atomic E-state index is 2.49. The van der Waals surface area contributed by atoms with E-state index in [0.29, 0.717) is 0 Å². The van der Waals surface area contributed by atoms with Crippen LogP contribution in [0.3, 0.4) is 0 Å². The van der Waals surface area contributed by atoms with E-state index in [0.717, 1.165) is 11.4 Å². The third-order valence-corrected chi connectivity index (χ3v) is 13.8. The van der Waals surface area contributed by atoms with Crippen LogP contribution in [-0.4, -0.2) is 9.13 Å². The van der Waals surface area contributed by atoms with E-state index in [1.165, 1.54) is 121 Å². The SMILES string of the molecule is c1ccc(-c2ccc(-n3c4ccccc4c4cc(-c5ccc6c(c5)c5ccc7ccccc7c5n6-c5cccc(-c6ccc7c(c6)-c6cccc8cccc-7c68)c5)ccc43)cc2)cc1. The monoisotopic (exact) mass is 810 g/mol. The number of hydrogen-bond acceptors (Lipinski definition) is 0. The Labute approximate surface area is 370 Å². The summed E-state index contributed by atoms with van der Waals surface area (Å²) in [5, 5.41) is 10.1. The summed E-state index contributed by atoms with van der Waals surface area (Å²) in [6.07, 6.45) is 0. The normalized spacial score (nSPS) is 12.1. The molecule has 14 rings (SSSR count). The van der Waals surface area contributed by atoms with E-state index in [9.17, 15) is 0 Å². The molecule has 2 heteroatoms. The van der Waals surface area contributed by atoms with Gasteiger partial charge >= 0.3 is 0 Å². The van der Waals surface area contributed by atoms with Crippen molar-refractivity contribution >= 4 is 65.2 Å². The number of para-hydroxylation sites is 1. The van der Waals surface area contributed by atoms with Crippen molar-refractivity contribution in [3.8, 4) is 67.0 Å². The average Bonchev–Trinajstić information content (AvgIpc) is 4.00. The first-order valence-electron chi connectivity index (χ1n) is 22.2. The van der Waals surface area contributed by atoms with Crippen molar-refractivity contribution in [1.29, 1.82) is 0 Å². The van der Waals surface area contributed by atoms with Crippen LogP contribution in [0, 0.1) is 0 Å². The van der Waals surface area contributed by atoms with E-state index in [-0.39, 0.29) is 0 Å². The van der Waals surface area contributed by atoms with Crippen LogP contribution in [0.4, 0.5) is 0 Å². The quantitative estimate of drug-likeness (QED) is 0.164. The molecule has 0 N–H and O–H groups in total. The third-order valence-electron chi connectivity index (χ3n) is 13.8. The van der Waals surface area contributed by atoms with Crippen molar-refractivity contribution in [2.75, 3.05) is 0 Å². The Morgan fingerprint density at radius 2 is 0.797 bits per heavy atom. The zero-order chi connectivity index (χ0) is 41.9. The summed E-state index contributed by atoms with van der Waals surface area (Å²) in [4.78, 5) is 0. The van der Waals surface area contributed by atoms with Gasteiger partial charge in [-0.25, -0.2) is 0 Å². The van der Waals surface area contributed by atoms with Crippen molar-refractivity contribution < 1.29 is 0 Å². The van der Waals surface area contributed by atoms with Gasteiger partial charge in [-0.05, 0) is 132 Å². The fraction of sp³-hybridized carbons (Fsp3) is 0. The highest BCUT2D eigenvalue weighted by molar-refractivity contribution is 6.20. The molecular formula is C62H38N2. The summed E-state index contributed by atoms with van der Waals surface area (Å²) in [5.41, 5.74) is 19.7. The molecule has 64 heavy (non-hydrogen) atoms. The molecule has 2 aromatic heterocycles. The van der Waals surface area contributed by atoms with Gasteiger partial charge in [-0.2, -0.15) is 0 Å². The molecule has 0 atom stereocenters. The maximum absolute atomic E-state index is 2.49. The first-order chi connectivity index (χ1) is 31.7. The zero-order valence-corrected chi connectivity index (χ0v) is 34.8. The lowest BCUT2D eigenvalue weighted by molar-refractivity contribution is 1.18. The van der Waals surface area contributed by atoms with Gasteiger partial charge in [0.1, 0.15) is 0 Å². The van der Waals surface area contributed by atoms with Crippen LogP contribution in [-0.2, 0) is 0 Å². The first-order valence-corrected chi connectivity index (χ1v) is 22.2. The minimum absolute atomic E-state index is 1.15. The van der Waals surface area contributed by atoms with E-state index < -0.39 is 0 Å². The number of benzene rings is 11. The third kappa shape index (κ3) is 5.14. The van der Waals surface area contributed by atoms with Gasteiger partial charge in [-0.15, -0.1) is 0 Å². The second-order valence-corrected chi connectivity index (χ2v) is 17.3. The summed E-state index contributed by atoms with van der Waals surface area (Å²) in [6.45, 7) is 0. The van der Waals surface area contributed by atoms with Crippen LogP contribution in [0.25, 0.3) is 132 Å². The van der Waals surface area contributed by atoms with E-state index in [2.05, 4.69) is 240 Å². The summed E-state index contributed by atoms with van der Waals surface area (Å²) < 4.78 is 4.89. The van der Waals surface area contributed by atoms with Crippen LogP contribution in [0.2, 0.25) is 0 Å². The Balaban J connectivity index is 0.908. The van der Waals surface area contributed by atoms with E-state index in [4.69, 9.17) is 0 Å². The highest BCUT2D eigenvalue weighted by Gasteiger charge is 2.22. The molecule has 13 aromatic rings. The second kappa shape index (κ2) is 13.5. The molecule has 1 aliphatic rings. The number of rotatable bonds is 5. The van der Waals surface area contributed by atoms with Gasteiger partial charge in [0.15, 0.2) is 0 Å². The van der Waals surface area contributed by atoms with Crippen LogP contribution in [0.5, 0.6) is 0 Å². The van der Waals surface area contributed by atoms with Crippen molar-refractivity contribution in [2.45, 2.75) is 0 Å².